The summed E-state index contributed by atoms with van der Waals surface area (Å²) in [5, 5.41) is 4.11. The van der Waals surface area contributed by atoms with Crippen molar-refractivity contribution in [1.29, 1.82) is 0 Å². The first-order valence-corrected chi connectivity index (χ1v) is 8.30. The molecule has 24 heavy (non-hydrogen) atoms. The minimum Gasteiger partial charge on any atom is -0.365 e. The molecule has 0 unspecified atom stereocenters. The van der Waals surface area contributed by atoms with Crippen LogP contribution in [-0.2, 0) is 0 Å². The number of aromatic nitrogens is 5. The van der Waals surface area contributed by atoms with E-state index in [-0.39, 0.29) is 11.9 Å². The Morgan fingerprint density at radius 3 is 2.83 bits per heavy atom. The summed E-state index contributed by atoms with van der Waals surface area (Å²) < 4.78 is 14.1. The van der Waals surface area contributed by atoms with Crippen molar-refractivity contribution >= 4 is 16.9 Å². The lowest BCUT2D eigenvalue weighted by Gasteiger charge is -2.23. The molecule has 0 aliphatic heterocycles. The summed E-state index contributed by atoms with van der Waals surface area (Å²) in [5.74, 6) is 0.326. The van der Waals surface area contributed by atoms with Crippen LogP contribution < -0.4 is 5.32 Å². The van der Waals surface area contributed by atoms with Gasteiger partial charge in [-0.3, -0.25) is 0 Å². The molecule has 3 heterocycles. The number of hydrogen-bond donors (Lipinski definition) is 2. The van der Waals surface area contributed by atoms with Crippen molar-refractivity contribution in [2.45, 2.75) is 45.1 Å². The molecule has 0 spiro atoms. The zero-order chi connectivity index (χ0) is 16.5. The SMILES string of the molecule is Cc1ncnc2[nH]cc(-c3ncc(F)c(NC4CCCCC4)n3)c12. The zero-order valence-corrected chi connectivity index (χ0v) is 13.5. The van der Waals surface area contributed by atoms with Crippen molar-refractivity contribution in [3.8, 4) is 11.4 Å². The monoisotopic (exact) mass is 326 g/mol. The van der Waals surface area contributed by atoms with Gasteiger partial charge in [0.2, 0.25) is 0 Å². The van der Waals surface area contributed by atoms with Crippen LogP contribution in [0, 0.1) is 12.7 Å². The van der Waals surface area contributed by atoms with Gasteiger partial charge in [-0.15, -0.1) is 0 Å². The average Bonchev–Trinajstić information content (AvgIpc) is 3.03. The van der Waals surface area contributed by atoms with Crippen molar-refractivity contribution in [3.05, 3.63) is 30.2 Å². The summed E-state index contributed by atoms with van der Waals surface area (Å²) in [6.07, 6.45) is 10.3. The molecule has 0 bridgehead atoms. The topological polar surface area (TPSA) is 79.4 Å². The van der Waals surface area contributed by atoms with Crippen LogP contribution in [0.15, 0.2) is 18.7 Å². The third-order valence-electron chi connectivity index (χ3n) is 4.59. The molecule has 0 amide bonds. The van der Waals surface area contributed by atoms with Crippen LogP contribution in [0.2, 0.25) is 0 Å². The third-order valence-corrected chi connectivity index (χ3v) is 4.59. The van der Waals surface area contributed by atoms with Gasteiger partial charge in [-0.25, -0.2) is 24.3 Å². The van der Waals surface area contributed by atoms with E-state index in [1.807, 2.05) is 6.92 Å². The largest absolute Gasteiger partial charge is 0.365 e. The van der Waals surface area contributed by atoms with Gasteiger partial charge in [0.1, 0.15) is 12.0 Å². The third kappa shape index (κ3) is 2.70. The molecule has 0 atom stereocenters. The summed E-state index contributed by atoms with van der Waals surface area (Å²) >= 11 is 0. The molecule has 3 aromatic heterocycles. The molecule has 7 heteroatoms. The molecular formula is C17H19FN6. The molecule has 0 aromatic carbocycles. The molecule has 1 aliphatic carbocycles. The number of aryl methyl sites for hydroxylation is 1. The summed E-state index contributed by atoms with van der Waals surface area (Å²) in [4.78, 5) is 20.1. The maximum absolute atomic E-state index is 14.1. The Labute approximate surface area is 139 Å². The number of rotatable bonds is 3. The Bertz CT molecular complexity index is 869. The Balaban J connectivity index is 1.71. The van der Waals surface area contributed by atoms with E-state index in [0.717, 1.165) is 35.1 Å². The average molecular weight is 326 g/mol. The lowest BCUT2D eigenvalue weighted by Crippen LogP contribution is -2.23. The van der Waals surface area contributed by atoms with Gasteiger partial charge in [-0.05, 0) is 19.8 Å². The van der Waals surface area contributed by atoms with E-state index < -0.39 is 5.82 Å². The van der Waals surface area contributed by atoms with Crippen molar-refractivity contribution < 1.29 is 4.39 Å². The predicted molar refractivity (Wildman–Crippen MR) is 90.1 cm³/mol. The highest BCUT2D eigenvalue weighted by molar-refractivity contribution is 5.93. The first-order valence-electron chi connectivity index (χ1n) is 8.30. The van der Waals surface area contributed by atoms with Crippen LogP contribution in [0.1, 0.15) is 37.8 Å². The van der Waals surface area contributed by atoms with Crippen LogP contribution in [-0.4, -0.2) is 31.0 Å². The molecule has 1 aliphatic rings. The number of halogens is 1. The van der Waals surface area contributed by atoms with Gasteiger partial charge >= 0.3 is 0 Å². The summed E-state index contributed by atoms with van der Waals surface area (Å²) in [5.41, 5.74) is 2.35. The molecule has 3 aromatic rings. The smallest absolute Gasteiger partial charge is 0.183 e. The molecule has 0 radical (unpaired) electrons. The minimum atomic E-state index is -0.419. The Morgan fingerprint density at radius 2 is 2.00 bits per heavy atom. The van der Waals surface area contributed by atoms with Crippen LogP contribution in [0.25, 0.3) is 22.4 Å². The highest BCUT2D eigenvalue weighted by Crippen LogP contribution is 2.28. The van der Waals surface area contributed by atoms with Crippen molar-refractivity contribution in [2.24, 2.45) is 0 Å². The van der Waals surface area contributed by atoms with E-state index in [0.29, 0.717) is 5.82 Å². The standard InChI is InChI=1S/C17H19FN6/c1-10-14-12(7-19-17(14)22-9-21-10)15-20-8-13(18)16(24-15)23-11-5-3-2-4-6-11/h7-9,11H,2-6H2,1H3,(H,19,21,22)(H,20,23,24). The van der Waals surface area contributed by atoms with E-state index in [1.165, 1.54) is 31.8 Å². The summed E-state index contributed by atoms with van der Waals surface area (Å²) in [6.45, 7) is 1.91. The van der Waals surface area contributed by atoms with Crippen LogP contribution in [0.3, 0.4) is 0 Å². The number of nitrogens with one attached hydrogen (secondary N) is 2. The maximum Gasteiger partial charge on any atom is 0.183 e. The zero-order valence-electron chi connectivity index (χ0n) is 13.5. The Morgan fingerprint density at radius 1 is 1.17 bits per heavy atom. The van der Waals surface area contributed by atoms with Gasteiger partial charge in [0.15, 0.2) is 17.5 Å². The summed E-state index contributed by atoms with van der Waals surface area (Å²) in [7, 11) is 0. The van der Waals surface area contributed by atoms with E-state index in [4.69, 9.17) is 0 Å². The number of aromatic amines is 1. The summed E-state index contributed by atoms with van der Waals surface area (Å²) in [6, 6.07) is 0.282. The minimum absolute atomic E-state index is 0.274. The van der Waals surface area contributed by atoms with Gasteiger partial charge in [0.25, 0.3) is 0 Å². The molecular weight excluding hydrogens is 307 g/mol. The maximum atomic E-state index is 14.1. The second kappa shape index (κ2) is 6.14. The molecule has 124 valence electrons. The van der Waals surface area contributed by atoms with E-state index in [1.54, 1.807) is 6.20 Å². The van der Waals surface area contributed by atoms with Gasteiger partial charge < -0.3 is 10.3 Å². The number of anilines is 1. The molecule has 4 rings (SSSR count). The fourth-order valence-corrected chi connectivity index (χ4v) is 3.33. The van der Waals surface area contributed by atoms with Crippen LogP contribution in [0.5, 0.6) is 0 Å². The molecule has 6 nitrogen and oxygen atoms in total. The quantitative estimate of drug-likeness (QED) is 0.768. The first-order chi connectivity index (χ1) is 11.7. The van der Waals surface area contributed by atoms with Gasteiger partial charge in [-0.1, -0.05) is 19.3 Å². The molecule has 1 saturated carbocycles. The number of H-pyrrole nitrogens is 1. The first kappa shape index (κ1) is 15.0. The van der Waals surface area contributed by atoms with E-state index >= 15 is 0 Å². The predicted octanol–water partition coefficient (Wildman–Crippen LogP) is 3.61. The van der Waals surface area contributed by atoms with Gasteiger partial charge in [0, 0.05) is 17.8 Å². The molecule has 0 saturated heterocycles. The number of fused-ring (bicyclic) bond motifs is 1. The molecule has 2 N–H and O–H groups in total. The van der Waals surface area contributed by atoms with Crippen molar-refractivity contribution in [2.75, 3.05) is 5.32 Å². The highest BCUT2D eigenvalue weighted by Gasteiger charge is 2.18. The Hall–Kier alpha value is -2.57. The van der Waals surface area contributed by atoms with E-state index in [2.05, 4.69) is 30.2 Å². The normalized spacial score (nSPS) is 15.8. The lowest BCUT2D eigenvalue weighted by molar-refractivity contribution is 0.459. The second-order valence-corrected chi connectivity index (χ2v) is 6.25. The second-order valence-electron chi connectivity index (χ2n) is 6.25. The fourth-order valence-electron chi connectivity index (χ4n) is 3.33. The van der Waals surface area contributed by atoms with Crippen LogP contribution in [0.4, 0.5) is 10.2 Å². The van der Waals surface area contributed by atoms with E-state index in [9.17, 15) is 4.39 Å². The number of hydrogen-bond acceptors (Lipinski definition) is 5. The lowest BCUT2D eigenvalue weighted by atomic mass is 9.95. The Kier molecular flexibility index (Phi) is 3.84. The number of nitrogens with zero attached hydrogens (tertiary/aromatic N) is 4. The molecule has 1 fully saturated rings. The van der Waals surface area contributed by atoms with Gasteiger partial charge in [-0.2, -0.15) is 0 Å². The van der Waals surface area contributed by atoms with Crippen molar-refractivity contribution in [1.82, 2.24) is 24.9 Å². The van der Waals surface area contributed by atoms with Gasteiger partial charge in [0.05, 0.1) is 17.3 Å². The van der Waals surface area contributed by atoms with Crippen molar-refractivity contribution in [3.63, 3.8) is 0 Å². The van der Waals surface area contributed by atoms with Crippen LogP contribution >= 0.6 is 0 Å². The fraction of sp³-hybridized carbons (Fsp3) is 0.412. The highest BCUT2D eigenvalue weighted by atomic mass is 19.1.